The maximum atomic E-state index is 11.9. The Kier molecular flexibility index (Phi) is 23.1. The molecule has 1 rings (SSSR count). The van der Waals surface area contributed by atoms with Gasteiger partial charge in [0, 0.05) is 25.7 Å². The standard InChI is InChI=1S/C32H56O6/c33-29-25-21-17-13-9-5-1-2-6-10-14-18-22-26-30(34)38-32(36)28-24-20-16-12-8-4-3-7-11-15-19-23-27-31(35)37-29/h1-28H2. The Labute approximate surface area is 232 Å². The third kappa shape index (κ3) is 23.4. The highest BCUT2D eigenvalue weighted by molar-refractivity contribution is 5.85. The lowest BCUT2D eigenvalue weighted by atomic mass is 10.0. The maximum Gasteiger partial charge on any atom is 0.313 e. The molecule has 220 valence electrons. The molecule has 6 heteroatoms. The lowest BCUT2D eigenvalue weighted by molar-refractivity contribution is -0.161. The van der Waals surface area contributed by atoms with Crippen molar-refractivity contribution >= 4 is 23.9 Å². The highest BCUT2D eigenvalue weighted by atomic mass is 16.6. The topological polar surface area (TPSA) is 86.7 Å². The van der Waals surface area contributed by atoms with E-state index >= 15 is 0 Å². The van der Waals surface area contributed by atoms with Crippen molar-refractivity contribution in [2.24, 2.45) is 0 Å². The van der Waals surface area contributed by atoms with Crippen molar-refractivity contribution in [1.29, 1.82) is 0 Å². The molecule has 1 saturated heterocycles. The van der Waals surface area contributed by atoms with E-state index in [1.54, 1.807) is 0 Å². The van der Waals surface area contributed by atoms with Gasteiger partial charge in [0.2, 0.25) is 0 Å². The van der Waals surface area contributed by atoms with Gasteiger partial charge in [-0.05, 0) is 25.7 Å². The third-order valence-corrected chi connectivity index (χ3v) is 7.48. The van der Waals surface area contributed by atoms with E-state index in [1.807, 2.05) is 0 Å². The van der Waals surface area contributed by atoms with Gasteiger partial charge in [-0.2, -0.15) is 0 Å². The minimum Gasteiger partial charge on any atom is -0.393 e. The summed E-state index contributed by atoms with van der Waals surface area (Å²) in [4.78, 5) is 47.4. The summed E-state index contributed by atoms with van der Waals surface area (Å²) in [6, 6.07) is 0. The molecule has 0 aliphatic carbocycles. The molecule has 0 aromatic carbocycles. The van der Waals surface area contributed by atoms with Crippen molar-refractivity contribution in [3.05, 3.63) is 0 Å². The summed E-state index contributed by atoms with van der Waals surface area (Å²) in [6.07, 6.45) is 27.8. The van der Waals surface area contributed by atoms with Crippen LogP contribution in [0.15, 0.2) is 0 Å². The number of carbonyl (C=O) groups is 4. The van der Waals surface area contributed by atoms with Crippen LogP contribution in [-0.2, 0) is 28.7 Å². The molecule has 38 heavy (non-hydrogen) atoms. The largest absolute Gasteiger partial charge is 0.393 e. The van der Waals surface area contributed by atoms with E-state index in [2.05, 4.69) is 0 Å². The summed E-state index contributed by atoms with van der Waals surface area (Å²) in [5.74, 6) is -1.45. The van der Waals surface area contributed by atoms with Crippen LogP contribution >= 0.6 is 0 Å². The van der Waals surface area contributed by atoms with Gasteiger partial charge in [-0.1, -0.05) is 128 Å². The van der Waals surface area contributed by atoms with Crippen molar-refractivity contribution < 1.29 is 28.7 Å². The molecule has 1 heterocycles. The summed E-state index contributed by atoms with van der Waals surface area (Å²) in [5.41, 5.74) is 0. The molecule has 1 aliphatic rings. The lowest BCUT2D eigenvalue weighted by Crippen LogP contribution is -2.11. The normalized spacial score (nSPS) is 22.5. The molecular weight excluding hydrogens is 480 g/mol. The molecule has 0 N–H and O–H groups in total. The quantitative estimate of drug-likeness (QED) is 0.227. The fraction of sp³-hybridized carbons (Fsp3) is 0.875. The Morgan fingerprint density at radius 3 is 0.526 bits per heavy atom. The van der Waals surface area contributed by atoms with Gasteiger partial charge < -0.3 is 9.47 Å². The van der Waals surface area contributed by atoms with Gasteiger partial charge in [0.15, 0.2) is 0 Å². The average Bonchev–Trinajstić information content (AvgIpc) is 2.88. The molecule has 0 spiro atoms. The summed E-state index contributed by atoms with van der Waals surface area (Å²) in [7, 11) is 0. The number of cyclic esters (lactones) is 4. The molecule has 0 radical (unpaired) electrons. The van der Waals surface area contributed by atoms with Gasteiger partial charge in [-0.15, -0.1) is 0 Å². The summed E-state index contributed by atoms with van der Waals surface area (Å²) in [5, 5.41) is 0. The zero-order valence-corrected chi connectivity index (χ0v) is 24.2. The van der Waals surface area contributed by atoms with Crippen LogP contribution < -0.4 is 0 Å². The molecule has 0 saturated carbocycles. The predicted molar refractivity (Wildman–Crippen MR) is 151 cm³/mol. The van der Waals surface area contributed by atoms with Crippen LogP contribution in [0.25, 0.3) is 0 Å². The van der Waals surface area contributed by atoms with E-state index in [0.717, 1.165) is 77.0 Å². The molecule has 0 aromatic rings. The Morgan fingerprint density at radius 1 is 0.237 bits per heavy atom. The molecule has 6 nitrogen and oxygen atoms in total. The first-order valence-corrected chi connectivity index (χ1v) is 16.0. The molecular formula is C32H56O6. The van der Waals surface area contributed by atoms with Crippen LogP contribution in [0.5, 0.6) is 0 Å². The first-order chi connectivity index (χ1) is 18.6. The van der Waals surface area contributed by atoms with Gasteiger partial charge in [-0.3, -0.25) is 19.2 Å². The van der Waals surface area contributed by atoms with Gasteiger partial charge in [0.25, 0.3) is 0 Å². The van der Waals surface area contributed by atoms with Crippen molar-refractivity contribution in [3.8, 4) is 0 Å². The Morgan fingerprint density at radius 2 is 0.368 bits per heavy atom. The second kappa shape index (κ2) is 25.6. The van der Waals surface area contributed by atoms with Crippen molar-refractivity contribution in [2.75, 3.05) is 0 Å². The number of rotatable bonds is 0. The molecule has 1 aliphatic heterocycles. The van der Waals surface area contributed by atoms with E-state index in [1.165, 1.54) is 77.0 Å². The Bertz CT molecular complexity index is 523. The molecule has 0 atom stereocenters. The Balaban J connectivity index is 2.22. The minimum absolute atomic E-state index is 0.347. The van der Waals surface area contributed by atoms with Gasteiger partial charge in [0.1, 0.15) is 0 Å². The van der Waals surface area contributed by atoms with Crippen molar-refractivity contribution in [1.82, 2.24) is 0 Å². The van der Waals surface area contributed by atoms with Crippen LogP contribution in [0.2, 0.25) is 0 Å². The molecule has 1 fully saturated rings. The Hall–Kier alpha value is -1.72. The lowest BCUT2D eigenvalue weighted by Gasteiger charge is -2.05. The minimum atomic E-state index is -0.363. The molecule has 0 unspecified atom stereocenters. The first kappa shape index (κ1) is 34.3. The third-order valence-electron chi connectivity index (χ3n) is 7.48. The zero-order chi connectivity index (χ0) is 27.5. The van der Waals surface area contributed by atoms with Crippen LogP contribution in [-0.4, -0.2) is 23.9 Å². The van der Waals surface area contributed by atoms with E-state index in [-0.39, 0.29) is 23.9 Å². The highest BCUT2D eigenvalue weighted by Crippen LogP contribution is 2.15. The van der Waals surface area contributed by atoms with Crippen molar-refractivity contribution in [2.45, 2.75) is 180 Å². The average molecular weight is 537 g/mol. The smallest absolute Gasteiger partial charge is 0.313 e. The van der Waals surface area contributed by atoms with Gasteiger partial charge >= 0.3 is 23.9 Å². The molecule has 0 aromatic heterocycles. The number of hydrogen-bond donors (Lipinski definition) is 0. The van der Waals surface area contributed by atoms with E-state index in [4.69, 9.17) is 9.47 Å². The predicted octanol–water partition coefficient (Wildman–Crippen LogP) is 9.06. The van der Waals surface area contributed by atoms with Crippen LogP contribution in [0.4, 0.5) is 0 Å². The summed E-state index contributed by atoms with van der Waals surface area (Å²) in [6.45, 7) is 0. The van der Waals surface area contributed by atoms with Gasteiger partial charge in [0.05, 0.1) is 0 Å². The SMILES string of the molecule is O=C1CCCCCCCCCCCCCCC(=O)OC(=O)CCCCCCCCCCCCCCC(=O)O1. The second-order valence-electron chi connectivity index (χ2n) is 11.2. The fourth-order valence-electron chi connectivity index (χ4n) is 5.07. The number of ether oxygens (including phenoxy) is 2. The summed E-state index contributed by atoms with van der Waals surface area (Å²) < 4.78 is 9.93. The number of esters is 4. The maximum absolute atomic E-state index is 11.9. The number of carbonyl (C=O) groups excluding carboxylic acids is 4. The van der Waals surface area contributed by atoms with Crippen LogP contribution in [0.3, 0.4) is 0 Å². The zero-order valence-electron chi connectivity index (χ0n) is 24.2. The molecule has 0 bridgehead atoms. The van der Waals surface area contributed by atoms with E-state index in [0.29, 0.717) is 25.7 Å². The van der Waals surface area contributed by atoms with E-state index in [9.17, 15) is 19.2 Å². The van der Waals surface area contributed by atoms with Crippen molar-refractivity contribution in [3.63, 3.8) is 0 Å². The first-order valence-electron chi connectivity index (χ1n) is 16.0. The summed E-state index contributed by atoms with van der Waals surface area (Å²) >= 11 is 0. The van der Waals surface area contributed by atoms with Crippen LogP contribution in [0.1, 0.15) is 180 Å². The highest BCUT2D eigenvalue weighted by Gasteiger charge is 2.11. The van der Waals surface area contributed by atoms with E-state index < -0.39 is 0 Å². The van der Waals surface area contributed by atoms with Gasteiger partial charge in [-0.25, -0.2) is 0 Å². The fourth-order valence-corrected chi connectivity index (χ4v) is 5.07. The monoisotopic (exact) mass is 536 g/mol. The van der Waals surface area contributed by atoms with Crippen LogP contribution in [0, 0.1) is 0 Å². The second-order valence-corrected chi connectivity index (χ2v) is 11.2. The number of hydrogen-bond acceptors (Lipinski definition) is 6. The molecule has 0 amide bonds.